The number of rotatable bonds is 3. The summed E-state index contributed by atoms with van der Waals surface area (Å²) in [5.74, 6) is -0.405. The van der Waals surface area contributed by atoms with Gasteiger partial charge in [0.2, 0.25) is 6.41 Å². The van der Waals surface area contributed by atoms with Gasteiger partial charge < -0.3 is 4.90 Å². The van der Waals surface area contributed by atoms with E-state index in [1.54, 1.807) is 38.4 Å². The van der Waals surface area contributed by atoms with Crippen LogP contribution in [0.4, 0.5) is 0 Å². The smallest absolute Gasteiger partial charge is 0.261 e. The molecule has 5 heteroatoms. The zero-order chi connectivity index (χ0) is 18.6. The van der Waals surface area contributed by atoms with Crippen LogP contribution >= 0.6 is 0 Å². The van der Waals surface area contributed by atoms with E-state index in [4.69, 9.17) is 0 Å². The van der Waals surface area contributed by atoms with Crippen molar-refractivity contribution in [1.29, 1.82) is 0 Å². The Morgan fingerprint density at radius 3 is 1.96 bits per heavy atom. The quantitative estimate of drug-likeness (QED) is 0.639. The van der Waals surface area contributed by atoms with Crippen LogP contribution in [0.2, 0.25) is 0 Å². The van der Waals surface area contributed by atoms with E-state index in [-0.39, 0.29) is 11.8 Å². The number of aryl methyl sites for hydroxylation is 2. The highest BCUT2D eigenvalue weighted by Gasteiger charge is 2.35. The lowest BCUT2D eigenvalue weighted by Gasteiger charge is -2.16. The van der Waals surface area contributed by atoms with Crippen molar-refractivity contribution in [3.63, 3.8) is 0 Å². The highest BCUT2D eigenvalue weighted by molar-refractivity contribution is 6.21. The van der Waals surface area contributed by atoms with Crippen LogP contribution in [0.1, 0.15) is 37.4 Å². The van der Waals surface area contributed by atoms with Gasteiger partial charge in [-0.3, -0.25) is 19.3 Å². The molecule has 0 aliphatic carbocycles. The Labute approximate surface area is 147 Å². The molecule has 0 fully saturated rings. The summed E-state index contributed by atoms with van der Waals surface area (Å²) in [5.41, 5.74) is 4.24. The van der Waals surface area contributed by atoms with E-state index in [1.807, 2.05) is 32.0 Å². The van der Waals surface area contributed by atoms with E-state index in [0.29, 0.717) is 17.7 Å². The van der Waals surface area contributed by atoms with Gasteiger partial charge in [-0.1, -0.05) is 35.9 Å². The van der Waals surface area contributed by atoms with Gasteiger partial charge in [0.25, 0.3) is 11.8 Å². The molecule has 130 valence electrons. The zero-order valence-corrected chi connectivity index (χ0v) is 14.9. The standard InChI is InChI=1S/C17H15NO2.C3H7NO/c1-11-7-8-12(2)13(9-11)10-18-16(19)14-5-3-4-6-15(14)17(18)20;1-4(2)3-5/h3-9H,10H2,1-2H3;3H,1-2H3. The second-order valence-corrected chi connectivity index (χ2v) is 6.24. The highest BCUT2D eigenvalue weighted by atomic mass is 16.2. The van der Waals surface area contributed by atoms with Crippen LogP contribution in [0.5, 0.6) is 0 Å². The molecule has 1 heterocycles. The number of carbonyl (C=O) groups is 3. The average Bonchev–Trinajstić information content (AvgIpc) is 2.84. The van der Waals surface area contributed by atoms with Crippen LogP contribution in [-0.4, -0.2) is 42.1 Å². The van der Waals surface area contributed by atoms with Gasteiger partial charge in [-0.2, -0.15) is 0 Å². The summed E-state index contributed by atoms with van der Waals surface area (Å²) in [6.45, 7) is 4.33. The third-order valence-electron chi connectivity index (χ3n) is 3.92. The fourth-order valence-corrected chi connectivity index (χ4v) is 2.52. The number of carbonyl (C=O) groups excluding carboxylic acids is 3. The number of hydrogen-bond acceptors (Lipinski definition) is 3. The predicted octanol–water partition coefficient (Wildman–Crippen LogP) is 2.80. The van der Waals surface area contributed by atoms with Crippen molar-refractivity contribution in [2.24, 2.45) is 0 Å². The molecule has 2 aromatic carbocycles. The van der Waals surface area contributed by atoms with E-state index in [9.17, 15) is 14.4 Å². The molecule has 5 nitrogen and oxygen atoms in total. The van der Waals surface area contributed by atoms with Crippen LogP contribution in [0.25, 0.3) is 0 Å². The summed E-state index contributed by atoms with van der Waals surface area (Å²) < 4.78 is 0. The Balaban J connectivity index is 0.000000399. The van der Waals surface area contributed by atoms with E-state index in [1.165, 1.54) is 9.80 Å². The van der Waals surface area contributed by atoms with Gasteiger partial charge in [-0.05, 0) is 37.1 Å². The van der Waals surface area contributed by atoms with Crippen LogP contribution in [-0.2, 0) is 11.3 Å². The van der Waals surface area contributed by atoms with Gasteiger partial charge >= 0.3 is 0 Å². The monoisotopic (exact) mass is 338 g/mol. The molecule has 1 aliphatic rings. The van der Waals surface area contributed by atoms with Crippen molar-refractivity contribution in [3.05, 3.63) is 70.3 Å². The minimum absolute atomic E-state index is 0.202. The number of nitrogens with zero attached hydrogens (tertiary/aromatic N) is 2. The molecule has 2 aromatic rings. The van der Waals surface area contributed by atoms with Gasteiger partial charge in [0.15, 0.2) is 0 Å². The van der Waals surface area contributed by atoms with E-state index in [0.717, 1.165) is 23.1 Å². The number of amides is 3. The molecule has 0 saturated carbocycles. The van der Waals surface area contributed by atoms with E-state index < -0.39 is 0 Å². The first-order valence-corrected chi connectivity index (χ1v) is 7.98. The SMILES string of the molecule is CN(C)C=O.Cc1ccc(C)c(CN2C(=O)c3ccccc3C2=O)c1. The molecule has 0 spiro atoms. The minimum atomic E-state index is -0.202. The Morgan fingerprint density at radius 1 is 0.960 bits per heavy atom. The fourth-order valence-electron chi connectivity index (χ4n) is 2.52. The molecular formula is C20H22N2O3. The molecule has 25 heavy (non-hydrogen) atoms. The predicted molar refractivity (Wildman–Crippen MR) is 96.3 cm³/mol. The average molecular weight is 338 g/mol. The largest absolute Gasteiger partial charge is 0.351 e. The van der Waals surface area contributed by atoms with E-state index >= 15 is 0 Å². The third kappa shape index (κ3) is 4.12. The van der Waals surface area contributed by atoms with Gasteiger partial charge in [-0.25, -0.2) is 0 Å². The lowest BCUT2D eigenvalue weighted by atomic mass is 10.1. The Kier molecular flexibility index (Phi) is 5.70. The lowest BCUT2D eigenvalue weighted by Crippen LogP contribution is -2.29. The summed E-state index contributed by atoms with van der Waals surface area (Å²) >= 11 is 0. The summed E-state index contributed by atoms with van der Waals surface area (Å²) in [6.07, 6.45) is 0.750. The number of benzene rings is 2. The number of imide groups is 1. The summed E-state index contributed by atoms with van der Waals surface area (Å²) in [6, 6.07) is 13.1. The Morgan fingerprint density at radius 2 is 1.48 bits per heavy atom. The van der Waals surface area contributed by atoms with Crippen molar-refractivity contribution in [2.45, 2.75) is 20.4 Å². The topological polar surface area (TPSA) is 57.7 Å². The zero-order valence-electron chi connectivity index (χ0n) is 14.9. The summed E-state index contributed by atoms with van der Waals surface area (Å²) in [5, 5.41) is 0. The fraction of sp³-hybridized carbons (Fsp3) is 0.250. The second kappa shape index (κ2) is 7.75. The van der Waals surface area contributed by atoms with Crippen molar-refractivity contribution in [1.82, 2.24) is 9.80 Å². The first-order chi connectivity index (χ1) is 11.8. The van der Waals surface area contributed by atoms with Crippen LogP contribution in [0.15, 0.2) is 42.5 Å². The van der Waals surface area contributed by atoms with Gasteiger partial charge in [-0.15, -0.1) is 0 Å². The summed E-state index contributed by atoms with van der Waals surface area (Å²) in [4.78, 5) is 36.8. The highest BCUT2D eigenvalue weighted by Crippen LogP contribution is 2.25. The molecule has 0 atom stereocenters. The molecule has 0 aromatic heterocycles. The van der Waals surface area contributed by atoms with Gasteiger partial charge in [0.05, 0.1) is 17.7 Å². The molecule has 3 amide bonds. The molecule has 0 unspecified atom stereocenters. The molecule has 3 rings (SSSR count). The number of fused-ring (bicyclic) bond motifs is 1. The minimum Gasteiger partial charge on any atom is -0.351 e. The Hall–Kier alpha value is -2.95. The van der Waals surface area contributed by atoms with Crippen molar-refractivity contribution in [2.75, 3.05) is 14.1 Å². The number of hydrogen-bond donors (Lipinski definition) is 0. The van der Waals surface area contributed by atoms with Crippen molar-refractivity contribution >= 4 is 18.2 Å². The Bertz CT molecular complexity index is 777. The van der Waals surface area contributed by atoms with Crippen LogP contribution < -0.4 is 0 Å². The normalized spacial score (nSPS) is 12.4. The van der Waals surface area contributed by atoms with Gasteiger partial charge in [0, 0.05) is 14.1 Å². The molecule has 0 saturated heterocycles. The maximum atomic E-state index is 12.3. The summed E-state index contributed by atoms with van der Waals surface area (Å²) in [7, 11) is 3.38. The van der Waals surface area contributed by atoms with Crippen LogP contribution in [0.3, 0.4) is 0 Å². The first-order valence-electron chi connectivity index (χ1n) is 7.98. The molecule has 1 aliphatic heterocycles. The maximum Gasteiger partial charge on any atom is 0.261 e. The maximum absolute atomic E-state index is 12.3. The van der Waals surface area contributed by atoms with E-state index in [2.05, 4.69) is 0 Å². The van der Waals surface area contributed by atoms with Crippen molar-refractivity contribution in [3.8, 4) is 0 Å². The second-order valence-electron chi connectivity index (χ2n) is 6.24. The van der Waals surface area contributed by atoms with Crippen molar-refractivity contribution < 1.29 is 14.4 Å². The van der Waals surface area contributed by atoms with Gasteiger partial charge in [0.1, 0.15) is 0 Å². The first kappa shape index (κ1) is 18.4. The molecule has 0 radical (unpaired) electrons. The van der Waals surface area contributed by atoms with Crippen LogP contribution in [0, 0.1) is 13.8 Å². The lowest BCUT2D eigenvalue weighted by molar-refractivity contribution is -0.115. The molecule has 0 bridgehead atoms. The molecular weight excluding hydrogens is 316 g/mol. The third-order valence-corrected chi connectivity index (χ3v) is 3.92. The molecule has 0 N–H and O–H groups in total.